The van der Waals surface area contributed by atoms with E-state index in [0.717, 1.165) is 39.1 Å². The molecule has 0 aromatic heterocycles. The Balaban J connectivity index is 1.97. The molecule has 5 nitrogen and oxygen atoms in total. The summed E-state index contributed by atoms with van der Waals surface area (Å²) in [6.45, 7) is 6.32. The number of amides is 1. The Labute approximate surface area is 109 Å². The zero-order chi connectivity index (χ0) is 13.0. The third-order valence-corrected chi connectivity index (χ3v) is 4.21. The third kappa shape index (κ3) is 3.02. The average Bonchev–Trinajstić information content (AvgIpc) is 2.91. The van der Waals surface area contributed by atoms with Gasteiger partial charge in [0, 0.05) is 25.3 Å². The molecule has 2 heterocycles. The van der Waals surface area contributed by atoms with Crippen LogP contribution in [0.25, 0.3) is 0 Å². The molecule has 0 saturated carbocycles. The van der Waals surface area contributed by atoms with Crippen LogP contribution in [0, 0.1) is 0 Å². The summed E-state index contributed by atoms with van der Waals surface area (Å²) < 4.78 is 5.47. The van der Waals surface area contributed by atoms with E-state index in [4.69, 9.17) is 10.5 Å². The number of nitrogens with zero attached hydrogens (tertiary/aromatic N) is 1. The maximum absolute atomic E-state index is 11.7. The molecule has 0 radical (unpaired) electrons. The zero-order valence-electron chi connectivity index (χ0n) is 11.3. The summed E-state index contributed by atoms with van der Waals surface area (Å²) in [5.41, 5.74) is 5.69. The van der Waals surface area contributed by atoms with Crippen molar-refractivity contribution < 1.29 is 9.53 Å². The molecule has 2 aliphatic rings. The van der Waals surface area contributed by atoms with E-state index in [-0.39, 0.29) is 11.4 Å². The predicted octanol–water partition coefficient (Wildman–Crippen LogP) is 0.0948. The van der Waals surface area contributed by atoms with Gasteiger partial charge in [-0.05, 0) is 45.7 Å². The van der Waals surface area contributed by atoms with E-state index in [1.165, 1.54) is 12.8 Å². The van der Waals surface area contributed by atoms with Crippen LogP contribution in [0.1, 0.15) is 32.6 Å². The van der Waals surface area contributed by atoms with Crippen molar-refractivity contribution in [1.29, 1.82) is 0 Å². The number of likely N-dealkylation sites (tertiary alicyclic amines) is 1. The van der Waals surface area contributed by atoms with Crippen LogP contribution in [0.5, 0.6) is 0 Å². The Morgan fingerprint density at radius 3 is 2.56 bits per heavy atom. The lowest BCUT2D eigenvalue weighted by Crippen LogP contribution is -2.58. The van der Waals surface area contributed by atoms with Crippen molar-refractivity contribution >= 4 is 5.91 Å². The molecule has 1 amide bonds. The van der Waals surface area contributed by atoms with Crippen molar-refractivity contribution in [3.05, 3.63) is 0 Å². The van der Waals surface area contributed by atoms with Crippen molar-refractivity contribution in [1.82, 2.24) is 10.2 Å². The van der Waals surface area contributed by atoms with Gasteiger partial charge in [0.25, 0.3) is 0 Å². The van der Waals surface area contributed by atoms with Crippen LogP contribution in [-0.4, -0.2) is 55.2 Å². The minimum Gasteiger partial charge on any atom is -0.381 e. The van der Waals surface area contributed by atoms with Gasteiger partial charge in [0.2, 0.25) is 5.91 Å². The molecule has 2 rings (SSSR count). The molecular formula is C13H25N3O2. The molecule has 2 fully saturated rings. The van der Waals surface area contributed by atoms with Crippen molar-refractivity contribution in [2.75, 3.05) is 32.8 Å². The Bertz CT molecular complexity index is 282. The molecule has 0 aliphatic carbocycles. The summed E-state index contributed by atoms with van der Waals surface area (Å²) >= 11 is 0. The van der Waals surface area contributed by atoms with Gasteiger partial charge in [0.1, 0.15) is 0 Å². The second-order valence-corrected chi connectivity index (χ2v) is 5.54. The van der Waals surface area contributed by atoms with Crippen molar-refractivity contribution in [2.24, 2.45) is 5.73 Å². The topological polar surface area (TPSA) is 67.6 Å². The molecule has 0 spiro atoms. The quantitative estimate of drug-likeness (QED) is 0.747. The molecule has 0 unspecified atom stereocenters. The second kappa shape index (κ2) is 5.99. The highest BCUT2D eigenvalue weighted by molar-refractivity contribution is 5.81. The van der Waals surface area contributed by atoms with E-state index in [1.54, 1.807) is 6.92 Å². The number of hydrogen-bond acceptors (Lipinski definition) is 4. The summed E-state index contributed by atoms with van der Waals surface area (Å²) in [4.78, 5) is 14.2. The molecule has 18 heavy (non-hydrogen) atoms. The van der Waals surface area contributed by atoms with Gasteiger partial charge in [0.05, 0.1) is 6.04 Å². The summed E-state index contributed by atoms with van der Waals surface area (Å²) in [6, 6.07) is -0.430. The molecule has 104 valence electrons. The lowest BCUT2D eigenvalue weighted by Gasteiger charge is -2.44. The van der Waals surface area contributed by atoms with E-state index in [1.807, 2.05) is 0 Å². The van der Waals surface area contributed by atoms with Gasteiger partial charge in [0.15, 0.2) is 0 Å². The molecular weight excluding hydrogens is 230 g/mol. The fourth-order valence-electron chi connectivity index (χ4n) is 2.96. The summed E-state index contributed by atoms with van der Waals surface area (Å²) in [6.07, 6.45) is 4.55. The zero-order valence-corrected chi connectivity index (χ0v) is 11.3. The number of nitrogens with one attached hydrogen (secondary N) is 1. The van der Waals surface area contributed by atoms with Gasteiger partial charge in [-0.2, -0.15) is 0 Å². The minimum absolute atomic E-state index is 0.0555. The van der Waals surface area contributed by atoms with Gasteiger partial charge in [-0.1, -0.05) is 0 Å². The lowest BCUT2D eigenvalue weighted by atomic mass is 9.88. The highest BCUT2D eigenvalue weighted by Crippen LogP contribution is 2.30. The molecule has 1 atom stereocenters. The smallest absolute Gasteiger partial charge is 0.236 e. The van der Waals surface area contributed by atoms with Gasteiger partial charge < -0.3 is 15.8 Å². The summed E-state index contributed by atoms with van der Waals surface area (Å²) in [7, 11) is 0. The Morgan fingerprint density at radius 2 is 2.00 bits per heavy atom. The fraction of sp³-hybridized carbons (Fsp3) is 0.923. The monoisotopic (exact) mass is 255 g/mol. The standard InChI is InChI=1S/C13H25N3O2/c1-11(14)12(17)15-10-13(4-8-18-9-5-13)16-6-2-3-7-16/h11H,2-10,14H2,1H3,(H,15,17)/t11-/m1/s1. The van der Waals surface area contributed by atoms with E-state index in [2.05, 4.69) is 10.2 Å². The van der Waals surface area contributed by atoms with E-state index < -0.39 is 6.04 Å². The van der Waals surface area contributed by atoms with E-state index >= 15 is 0 Å². The normalized spacial score (nSPS) is 25.9. The molecule has 3 N–H and O–H groups in total. The molecule has 5 heteroatoms. The number of nitrogens with two attached hydrogens (primary N) is 1. The van der Waals surface area contributed by atoms with Crippen molar-refractivity contribution in [2.45, 2.75) is 44.2 Å². The van der Waals surface area contributed by atoms with Crippen LogP contribution in [0.2, 0.25) is 0 Å². The molecule has 0 bridgehead atoms. The van der Waals surface area contributed by atoms with Crippen LogP contribution in [-0.2, 0) is 9.53 Å². The first-order chi connectivity index (χ1) is 8.64. The predicted molar refractivity (Wildman–Crippen MR) is 70.3 cm³/mol. The van der Waals surface area contributed by atoms with Crippen LogP contribution < -0.4 is 11.1 Å². The number of carbonyl (C=O) groups is 1. The van der Waals surface area contributed by atoms with Crippen molar-refractivity contribution in [3.8, 4) is 0 Å². The first kappa shape index (κ1) is 13.8. The fourth-order valence-corrected chi connectivity index (χ4v) is 2.96. The highest BCUT2D eigenvalue weighted by atomic mass is 16.5. The number of carbonyl (C=O) groups excluding carboxylic acids is 1. The van der Waals surface area contributed by atoms with Crippen molar-refractivity contribution in [3.63, 3.8) is 0 Å². The summed E-state index contributed by atoms with van der Waals surface area (Å²) in [5, 5.41) is 3.01. The number of ether oxygens (including phenoxy) is 1. The van der Waals surface area contributed by atoms with Crippen LogP contribution >= 0.6 is 0 Å². The average molecular weight is 255 g/mol. The number of hydrogen-bond donors (Lipinski definition) is 2. The van der Waals surface area contributed by atoms with Gasteiger partial charge in [-0.15, -0.1) is 0 Å². The maximum Gasteiger partial charge on any atom is 0.236 e. The van der Waals surface area contributed by atoms with Crippen LogP contribution in [0.4, 0.5) is 0 Å². The first-order valence-electron chi connectivity index (χ1n) is 7.00. The SMILES string of the molecule is C[C@@H](N)C(=O)NCC1(N2CCCC2)CCOCC1. The minimum atomic E-state index is -0.430. The Kier molecular flexibility index (Phi) is 4.59. The van der Waals surface area contributed by atoms with E-state index in [0.29, 0.717) is 6.54 Å². The van der Waals surface area contributed by atoms with Gasteiger partial charge in [-0.25, -0.2) is 0 Å². The van der Waals surface area contributed by atoms with Gasteiger partial charge in [-0.3, -0.25) is 9.69 Å². The van der Waals surface area contributed by atoms with Crippen LogP contribution in [0.15, 0.2) is 0 Å². The summed E-state index contributed by atoms with van der Waals surface area (Å²) in [5.74, 6) is -0.0555. The lowest BCUT2D eigenvalue weighted by molar-refractivity contribution is -0.123. The molecule has 2 saturated heterocycles. The number of rotatable bonds is 4. The first-order valence-corrected chi connectivity index (χ1v) is 7.00. The van der Waals surface area contributed by atoms with Crippen LogP contribution in [0.3, 0.4) is 0 Å². The third-order valence-electron chi connectivity index (χ3n) is 4.21. The Hall–Kier alpha value is -0.650. The van der Waals surface area contributed by atoms with Gasteiger partial charge >= 0.3 is 0 Å². The largest absolute Gasteiger partial charge is 0.381 e. The Morgan fingerprint density at radius 1 is 1.39 bits per heavy atom. The molecule has 0 aromatic carbocycles. The molecule has 0 aromatic rings. The maximum atomic E-state index is 11.7. The highest BCUT2D eigenvalue weighted by Gasteiger charge is 2.39. The van der Waals surface area contributed by atoms with E-state index in [9.17, 15) is 4.79 Å². The molecule has 2 aliphatic heterocycles. The second-order valence-electron chi connectivity index (χ2n) is 5.54.